The Bertz CT molecular complexity index is 646. The number of benzene rings is 1. The summed E-state index contributed by atoms with van der Waals surface area (Å²) >= 11 is 0. The predicted molar refractivity (Wildman–Crippen MR) is 94.0 cm³/mol. The molecule has 0 N–H and O–H groups in total. The average Bonchev–Trinajstić information content (AvgIpc) is 2.60. The first-order chi connectivity index (χ1) is 11.9. The number of halogens is 3. The smallest absolute Gasteiger partial charge is 0.368 e. The van der Waals surface area contributed by atoms with E-state index in [9.17, 15) is 13.2 Å². The summed E-state index contributed by atoms with van der Waals surface area (Å²) < 4.78 is 38.0. The quantitative estimate of drug-likeness (QED) is 0.717. The van der Waals surface area contributed by atoms with Crippen LogP contribution in [-0.4, -0.2) is 35.5 Å². The second-order valence-corrected chi connectivity index (χ2v) is 6.89. The Hall–Kier alpha value is -1.75. The zero-order valence-electron chi connectivity index (χ0n) is 14.6. The number of allylic oxidation sites excluding steroid dienone is 1. The molecule has 25 heavy (non-hydrogen) atoms. The van der Waals surface area contributed by atoms with Crippen molar-refractivity contribution in [2.24, 2.45) is 0 Å². The lowest BCUT2D eigenvalue weighted by atomic mass is 9.91. The van der Waals surface area contributed by atoms with Crippen LogP contribution in [0.4, 0.5) is 13.2 Å². The Morgan fingerprint density at radius 2 is 1.92 bits per heavy atom. The van der Waals surface area contributed by atoms with Crippen molar-refractivity contribution in [3.63, 3.8) is 0 Å². The molecule has 3 rings (SSSR count). The molecule has 1 fully saturated rings. The lowest BCUT2D eigenvalue weighted by Gasteiger charge is -2.44. The van der Waals surface area contributed by atoms with Gasteiger partial charge in [0.05, 0.1) is 11.6 Å². The number of hydrogen-bond donors (Lipinski definition) is 0. The number of hydrogen-bond acceptors (Lipinski definition) is 2. The van der Waals surface area contributed by atoms with E-state index >= 15 is 0 Å². The number of piperidine rings is 1. The molecule has 1 saturated heterocycles. The summed E-state index contributed by atoms with van der Waals surface area (Å²) in [4.78, 5) is 4.76. The van der Waals surface area contributed by atoms with Crippen LogP contribution in [0.25, 0.3) is 0 Å². The molecule has 1 aromatic carbocycles. The van der Waals surface area contributed by atoms with Crippen LogP contribution in [0.5, 0.6) is 0 Å². The van der Waals surface area contributed by atoms with Crippen molar-refractivity contribution in [3.8, 4) is 0 Å². The number of likely N-dealkylation sites (tertiary alicyclic amines) is 1. The SMILES string of the molecule is C=C(CC)N1CCC=C2CN(Cc3ccc(C(F)(F)F)cc3)CCC21. The van der Waals surface area contributed by atoms with Gasteiger partial charge in [0, 0.05) is 31.9 Å². The maximum Gasteiger partial charge on any atom is 0.416 e. The third kappa shape index (κ3) is 4.09. The zero-order chi connectivity index (χ0) is 18.0. The Kier molecular flexibility index (Phi) is 5.23. The van der Waals surface area contributed by atoms with Crippen molar-refractivity contribution in [1.29, 1.82) is 0 Å². The molecule has 1 aromatic rings. The van der Waals surface area contributed by atoms with Crippen LogP contribution in [0, 0.1) is 0 Å². The van der Waals surface area contributed by atoms with E-state index in [0.29, 0.717) is 12.6 Å². The summed E-state index contributed by atoms with van der Waals surface area (Å²) in [7, 11) is 0. The lowest BCUT2D eigenvalue weighted by Crippen LogP contribution is -2.48. The maximum absolute atomic E-state index is 12.7. The lowest BCUT2D eigenvalue weighted by molar-refractivity contribution is -0.137. The van der Waals surface area contributed by atoms with Gasteiger partial charge in [-0.25, -0.2) is 0 Å². The van der Waals surface area contributed by atoms with Gasteiger partial charge in [0.1, 0.15) is 0 Å². The zero-order valence-corrected chi connectivity index (χ0v) is 14.6. The van der Waals surface area contributed by atoms with Gasteiger partial charge in [-0.3, -0.25) is 4.90 Å². The highest BCUT2D eigenvalue weighted by Gasteiger charge is 2.32. The van der Waals surface area contributed by atoms with Crippen LogP contribution < -0.4 is 0 Å². The van der Waals surface area contributed by atoms with Crippen LogP contribution >= 0.6 is 0 Å². The molecule has 2 aliphatic heterocycles. The Balaban J connectivity index is 1.63. The molecular formula is C20H25F3N2. The minimum atomic E-state index is -4.27. The van der Waals surface area contributed by atoms with Crippen LogP contribution in [0.2, 0.25) is 0 Å². The van der Waals surface area contributed by atoms with Gasteiger partial charge in [-0.05, 0) is 42.5 Å². The summed E-state index contributed by atoms with van der Waals surface area (Å²) in [6, 6.07) is 5.99. The molecule has 0 saturated carbocycles. The molecule has 0 spiro atoms. The van der Waals surface area contributed by atoms with Crippen molar-refractivity contribution in [2.45, 2.75) is 44.9 Å². The second-order valence-electron chi connectivity index (χ2n) is 6.89. The average molecular weight is 350 g/mol. The number of rotatable bonds is 4. The second kappa shape index (κ2) is 7.24. The Morgan fingerprint density at radius 3 is 2.56 bits per heavy atom. The molecule has 2 nitrogen and oxygen atoms in total. The van der Waals surface area contributed by atoms with Gasteiger partial charge in [-0.2, -0.15) is 13.2 Å². The highest BCUT2D eigenvalue weighted by Crippen LogP contribution is 2.31. The van der Waals surface area contributed by atoms with Crippen molar-refractivity contribution >= 4 is 0 Å². The number of alkyl halides is 3. The molecule has 0 aromatic heterocycles. The summed E-state index contributed by atoms with van der Waals surface area (Å²) in [5.41, 5.74) is 2.97. The van der Waals surface area contributed by atoms with Gasteiger partial charge in [0.25, 0.3) is 0 Å². The van der Waals surface area contributed by atoms with Crippen LogP contribution in [-0.2, 0) is 12.7 Å². The molecule has 1 unspecified atom stereocenters. The van der Waals surface area contributed by atoms with E-state index in [-0.39, 0.29) is 0 Å². The Labute approximate surface area is 147 Å². The van der Waals surface area contributed by atoms with Crippen molar-refractivity contribution in [2.75, 3.05) is 19.6 Å². The van der Waals surface area contributed by atoms with Crippen molar-refractivity contribution in [1.82, 2.24) is 9.80 Å². The maximum atomic E-state index is 12.7. The topological polar surface area (TPSA) is 6.48 Å². The molecule has 2 heterocycles. The monoisotopic (exact) mass is 350 g/mol. The first kappa shape index (κ1) is 18.1. The summed E-state index contributed by atoms with van der Waals surface area (Å²) in [5.74, 6) is 0. The van der Waals surface area contributed by atoms with Gasteiger partial charge in [0.2, 0.25) is 0 Å². The fourth-order valence-electron chi connectivity index (χ4n) is 3.81. The molecule has 0 bridgehead atoms. The van der Waals surface area contributed by atoms with Crippen LogP contribution in [0.15, 0.2) is 48.2 Å². The van der Waals surface area contributed by atoms with E-state index in [4.69, 9.17) is 0 Å². The molecule has 0 aliphatic carbocycles. The minimum absolute atomic E-state index is 0.449. The van der Waals surface area contributed by atoms with Gasteiger partial charge in [-0.1, -0.05) is 31.7 Å². The highest BCUT2D eigenvalue weighted by molar-refractivity contribution is 5.26. The normalized spacial score (nSPS) is 21.7. The first-order valence-corrected chi connectivity index (χ1v) is 8.90. The summed E-state index contributed by atoms with van der Waals surface area (Å²) in [5, 5.41) is 0. The van der Waals surface area contributed by atoms with Crippen LogP contribution in [0.3, 0.4) is 0 Å². The molecule has 2 aliphatic rings. The van der Waals surface area contributed by atoms with E-state index in [1.807, 2.05) is 0 Å². The third-order valence-electron chi connectivity index (χ3n) is 5.21. The fraction of sp³-hybridized carbons (Fsp3) is 0.500. The van der Waals surface area contributed by atoms with Crippen molar-refractivity contribution in [3.05, 3.63) is 59.3 Å². The van der Waals surface area contributed by atoms with Gasteiger partial charge < -0.3 is 4.90 Å². The predicted octanol–water partition coefficient (Wildman–Crippen LogP) is 4.84. The van der Waals surface area contributed by atoms with E-state index in [2.05, 4.69) is 29.4 Å². The number of nitrogens with zero attached hydrogens (tertiary/aromatic N) is 2. The first-order valence-electron chi connectivity index (χ1n) is 8.90. The summed E-state index contributed by atoms with van der Waals surface area (Å²) in [6.45, 7) is 9.91. The van der Waals surface area contributed by atoms with Gasteiger partial charge in [-0.15, -0.1) is 0 Å². The molecule has 0 amide bonds. The molecule has 136 valence electrons. The van der Waals surface area contributed by atoms with Gasteiger partial charge >= 0.3 is 6.18 Å². The summed E-state index contributed by atoms with van der Waals surface area (Å²) in [6.07, 6.45) is 1.13. The minimum Gasteiger partial charge on any atom is -0.368 e. The largest absolute Gasteiger partial charge is 0.416 e. The standard InChI is InChI=1S/C20H25F3N2/c1-3-15(2)25-11-4-5-17-14-24(12-10-19(17)25)13-16-6-8-18(9-7-16)20(21,22)23/h5-9,19H,2-4,10-14H2,1H3. The van der Waals surface area contributed by atoms with E-state index in [1.165, 1.54) is 23.4 Å². The van der Waals surface area contributed by atoms with Gasteiger partial charge in [0.15, 0.2) is 0 Å². The van der Waals surface area contributed by atoms with Crippen LogP contribution in [0.1, 0.15) is 37.3 Å². The Morgan fingerprint density at radius 1 is 1.20 bits per heavy atom. The fourth-order valence-corrected chi connectivity index (χ4v) is 3.81. The number of fused-ring (bicyclic) bond motifs is 1. The molecular weight excluding hydrogens is 325 g/mol. The molecule has 0 radical (unpaired) electrons. The van der Waals surface area contributed by atoms with E-state index in [0.717, 1.165) is 44.5 Å². The van der Waals surface area contributed by atoms with E-state index in [1.54, 1.807) is 12.1 Å². The van der Waals surface area contributed by atoms with E-state index < -0.39 is 11.7 Å². The molecule has 1 atom stereocenters. The highest BCUT2D eigenvalue weighted by atomic mass is 19.4. The van der Waals surface area contributed by atoms with Crippen molar-refractivity contribution < 1.29 is 13.2 Å². The third-order valence-corrected chi connectivity index (χ3v) is 5.21. The molecule has 5 heteroatoms.